The molecule has 0 aliphatic rings. The smallest absolute Gasteiger partial charge is 0.416 e. The lowest BCUT2D eigenvalue weighted by Crippen LogP contribution is -2.08. The topological polar surface area (TPSA) is 35.2 Å². The van der Waals surface area contributed by atoms with Gasteiger partial charge in [-0.1, -0.05) is 15.9 Å². The van der Waals surface area contributed by atoms with Gasteiger partial charge in [-0.15, -0.1) is 0 Å². The Hall–Kier alpha value is -0.750. The van der Waals surface area contributed by atoms with Crippen molar-refractivity contribution in [3.05, 3.63) is 27.7 Å². The van der Waals surface area contributed by atoms with E-state index < -0.39 is 11.7 Å². The molecule has 0 saturated carbocycles. The Morgan fingerprint density at radius 2 is 2.00 bits per heavy atom. The zero-order chi connectivity index (χ0) is 11.6. The highest BCUT2D eigenvalue weighted by atomic mass is 79.9. The molecule has 1 aromatic rings. The summed E-state index contributed by atoms with van der Waals surface area (Å²) in [6, 6.07) is 1.93. The van der Waals surface area contributed by atoms with E-state index in [4.69, 9.17) is 10.5 Å². The van der Waals surface area contributed by atoms with Gasteiger partial charge in [-0.05, 0) is 12.1 Å². The Morgan fingerprint density at radius 3 is 2.40 bits per heavy atom. The average Bonchev–Trinajstić information content (AvgIpc) is 2.15. The molecule has 2 N–H and O–H groups in total. The fourth-order valence-electron chi connectivity index (χ4n) is 1.16. The van der Waals surface area contributed by atoms with E-state index in [1.807, 2.05) is 0 Å². The number of ether oxygens (including phenoxy) is 1. The lowest BCUT2D eigenvalue weighted by Gasteiger charge is -2.13. The van der Waals surface area contributed by atoms with E-state index in [0.29, 0.717) is 10.0 Å². The molecule has 0 aromatic heterocycles. The van der Waals surface area contributed by atoms with E-state index in [2.05, 4.69) is 15.9 Å². The molecule has 0 atom stereocenters. The summed E-state index contributed by atoms with van der Waals surface area (Å²) in [4.78, 5) is 0. The van der Waals surface area contributed by atoms with Gasteiger partial charge in [0.25, 0.3) is 0 Å². The predicted molar refractivity (Wildman–Crippen MR) is 53.6 cm³/mol. The maximum atomic E-state index is 12.4. The van der Waals surface area contributed by atoms with Crippen molar-refractivity contribution in [3.63, 3.8) is 0 Å². The van der Waals surface area contributed by atoms with Gasteiger partial charge in [0.1, 0.15) is 5.75 Å². The number of rotatable bonds is 2. The SMILES string of the molecule is COc1cc(C(F)(F)F)cc(Br)c1CN. The monoisotopic (exact) mass is 283 g/mol. The van der Waals surface area contributed by atoms with E-state index in [0.717, 1.165) is 12.1 Å². The van der Waals surface area contributed by atoms with E-state index in [9.17, 15) is 13.2 Å². The molecule has 0 spiro atoms. The van der Waals surface area contributed by atoms with E-state index in [1.165, 1.54) is 7.11 Å². The summed E-state index contributed by atoms with van der Waals surface area (Å²) in [5.74, 6) is 0.138. The largest absolute Gasteiger partial charge is 0.496 e. The Morgan fingerprint density at radius 1 is 1.40 bits per heavy atom. The second-order valence-corrected chi connectivity index (χ2v) is 3.70. The molecule has 0 saturated heterocycles. The summed E-state index contributed by atoms with van der Waals surface area (Å²) < 4.78 is 42.4. The number of methoxy groups -OCH3 is 1. The lowest BCUT2D eigenvalue weighted by atomic mass is 10.1. The number of hydrogen-bond acceptors (Lipinski definition) is 2. The molecule has 2 nitrogen and oxygen atoms in total. The average molecular weight is 284 g/mol. The van der Waals surface area contributed by atoms with Crippen molar-refractivity contribution >= 4 is 15.9 Å². The first-order valence-electron chi connectivity index (χ1n) is 4.03. The molecule has 0 unspecified atom stereocenters. The molecule has 1 rings (SSSR count). The molecule has 0 radical (unpaired) electrons. The molecular weight excluding hydrogens is 275 g/mol. The zero-order valence-electron chi connectivity index (χ0n) is 7.86. The van der Waals surface area contributed by atoms with Crippen molar-refractivity contribution in [3.8, 4) is 5.75 Å². The first-order valence-corrected chi connectivity index (χ1v) is 4.83. The lowest BCUT2D eigenvalue weighted by molar-refractivity contribution is -0.137. The molecular formula is C9H9BrF3NO. The zero-order valence-corrected chi connectivity index (χ0v) is 9.45. The highest BCUT2D eigenvalue weighted by Gasteiger charge is 2.32. The van der Waals surface area contributed by atoms with Gasteiger partial charge in [-0.2, -0.15) is 13.2 Å². The van der Waals surface area contributed by atoms with E-state index in [1.54, 1.807) is 0 Å². The molecule has 0 aliphatic carbocycles. The quantitative estimate of drug-likeness (QED) is 0.906. The summed E-state index contributed by atoms with van der Waals surface area (Å²) in [6.07, 6.45) is -4.39. The molecule has 84 valence electrons. The molecule has 0 bridgehead atoms. The van der Waals surface area contributed by atoms with Crippen LogP contribution in [-0.2, 0) is 12.7 Å². The van der Waals surface area contributed by atoms with Crippen LogP contribution in [0.4, 0.5) is 13.2 Å². The van der Waals surface area contributed by atoms with Crippen LogP contribution in [-0.4, -0.2) is 7.11 Å². The van der Waals surface area contributed by atoms with Crippen LogP contribution in [0, 0.1) is 0 Å². The van der Waals surface area contributed by atoms with Crippen LogP contribution in [0.15, 0.2) is 16.6 Å². The van der Waals surface area contributed by atoms with Crippen LogP contribution in [0.1, 0.15) is 11.1 Å². The van der Waals surface area contributed by atoms with Crippen molar-refractivity contribution < 1.29 is 17.9 Å². The third kappa shape index (κ3) is 2.63. The molecule has 0 amide bonds. The van der Waals surface area contributed by atoms with Crippen LogP contribution in [0.2, 0.25) is 0 Å². The second kappa shape index (κ2) is 4.40. The predicted octanol–water partition coefficient (Wildman–Crippen LogP) is 2.94. The Labute approximate surface area is 93.3 Å². The van der Waals surface area contributed by atoms with Gasteiger partial charge < -0.3 is 10.5 Å². The van der Waals surface area contributed by atoms with Gasteiger partial charge in [0, 0.05) is 16.6 Å². The highest BCUT2D eigenvalue weighted by Crippen LogP contribution is 2.36. The first kappa shape index (κ1) is 12.3. The summed E-state index contributed by atoms with van der Waals surface area (Å²) >= 11 is 3.03. The number of halogens is 4. The maximum Gasteiger partial charge on any atom is 0.416 e. The van der Waals surface area contributed by atoms with Crippen LogP contribution < -0.4 is 10.5 Å². The van der Waals surface area contributed by atoms with E-state index in [-0.39, 0.29) is 12.3 Å². The van der Waals surface area contributed by atoms with Crippen molar-refractivity contribution in [2.75, 3.05) is 7.11 Å². The minimum absolute atomic E-state index is 0.113. The van der Waals surface area contributed by atoms with Crippen molar-refractivity contribution in [2.45, 2.75) is 12.7 Å². The van der Waals surface area contributed by atoms with Crippen molar-refractivity contribution in [1.82, 2.24) is 0 Å². The molecule has 15 heavy (non-hydrogen) atoms. The molecule has 0 heterocycles. The van der Waals surface area contributed by atoms with E-state index >= 15 is 0 Å². The van der Waals surface area contributed by atoms with Gasteiger partial charge in [0.05, 0.1) is 12.7 Å². The van der Waals surface area contributed by atoms with Crippen LogP contribution in [0.25, 0.3) is 0 Å². The van der Waals surface area contributed by atoms with Gasteiger partial charge in [-0.3, -0.25) is 0 Å². The minimum atomic E-state index is -4.39. The van der Waals surface area contributed by atoms with Crippen molar-refractivity contribution in [1.29, 1.82) is 0 Å². The molecule has 0 aliphatic heterocycles. The standard InChI is InChI=1S/C9H9BrF3NO/c1-15-8-3-5(9(11,12)13)2-7(10)6(8)4-14/h2-3H,4,14H2,1H3. The first-order chi connectivity index (χ1) is 6.90. The van der Waals surface area contributed by atoms with Crippen molar-refractivity contribution in [2.24, 2.45) is 5.73 Å². The minimum Gasteiger partial charge on any atom is -0.496 e. The summed E-state index contributed by atoms with van der Waals surface area (Å²) in [6.45, 7) is 0.113. The number of benzene rings is 1. The van der Waals surface area contributed by atoms with Crippen LogP contribution >= 0.6 is 15.9 Å². The molecule has 6 heteroatoms. The third-order valence-corrected chi connectivity index (χ3v) is 2.61. The number of alkyl halides is 3. The Balaban J connectivity index is 3.32. The molecule has 1 aromatic carbocycles. The summed E-state index contributed by atoms with van der Waals surface area (Å²) in [5.41, 5.74) is 5.15. The summed E-state index contributed by atoms with van der Waals surface area (Å²) in [5, 5.41) is 0. The van der Waals surface area contributed by atoms with Gasteiger partial charge in [-0.25, -0.2) is 0 Å². The van der Waals surface area contributed by atoms with Gasteiger partial charge >= 0.3 is 6.18 Å². The normalized spacial score (nSPS) is 11.6. The maximum absolute atomic E-state index is 12.4. The highest BCUT2D eigenvalue weighted by molar-refractivity contribution is 9.10. The number of nitrogens with two attached hydrogens (primary N) is 1. The second-order valence-electron chi connectivity index (χ2n) is 2.84. The summed E-state index contributed by atoms with van der Waals surface area (Å²) in [7, 11) is 1.31. The number of hydrogen-bond donors (Lipinski definition) is 1. The van der Waals surface area contributed by atoms with Gasteiger partial charge in [0.2, 0.25) is 0 Å². The van der Waals surface area contributed by atoms with Gasteiger partial charge in [0.15, 0.2) is 0 Å². The van der Waals surface area contributed by atoms with Crippen LogP contribution in [0.3, 0.4) is 0 Å². The fraction of sp³-hybridized carbons (Fsp3) is 0.333. The third-order valence-electron chi connectivity index (χ3n) is 1.91. The van der Waals surface area contributed by atoms with Crippen LogP contribution in [0.5, 0.6) is 5.75 Å². The molecule has 0 fully saturated rings. The Kier molecular flexibility index (Phi) is 3.62. The fourth-order valence-corrected chi connectivity index (χ4v) is 1.76. The Bertz CT molecular complexity index is 365.